The van der Waals surface area contributed by atoms with Gasteiger partial charge in [-0.15, -0.1) is 0 Å². The van der Waals surface area contributed by atoms with Gasteiger partial charge in [0.15, 0.2) is 0 Å². The van der Waals surface area contributed by atoms with Crippen molar-refractivity contribution < 1.29 is 14.3 Å². The van der Waals surface area contributed by atoms with E-state index in [2.05, 4.69) is 24.4 Å². The molecule has 1 amide bonds. The first-order chi connectivity index (χ1) is 12.1. The van der Waals surface area contributed by atoms with Crippen LogP contribution in [-0.2, 0) is 0 Å². The normalized spacial score (nSPS) is 10.9. The molecule has 5 nitrogen and oxygen atoms in total. The number of ether oxygens (including phenoxy) is 2. The number of methoxy groups -OCH3 is 1. The fourth-order valence-electron chi connectivity index (χ4n) is 2.11. The zero-order chi connectivity index (χ0) is 18.1. The number of nitrogens with one attached hydrogen (secondary N) is 1. The largest absolute Gasteiger partial charge is 0.496 e. The summed E-state index contributed by atoms with van der Waals surface area (Å²) < 4.78 is 10.9. The van der Waals surface area contributed by atoms with Crippen LogP contribution in [0.2, 0.25) is 0 Å². The fourth-order valence-corrected chi connectivity index (χ4v) is 2.11. The SMILES string of the molecule is COc1ccccc1C=NNC(=O)c1ccc(OCCC(C)C)cc1. The molecule has 5 heteroatoms. The minimum atomic E-state index is -0.278. The number of amides is 1. The third-order valence-corrected chi connectivity index (χ3v) is 3.59. The van der Waals surface area contributed by atoms with Gasteiger partial charge in [0.1, 0.15) is 11.5 Å². The van der Waals surface area contributed by atoms with Crippen LogP contribution in [0.5, 0.6) is 11.5 Å². The lowest BCUT2D eigenvalue weighted by Crippen LogP contribution is -2.17. The predicted octanol–water partition coefficient (Wildman–Crippen LogP) is 3.88. The summed E-state index contributed by atoms with van der Waals surface area (Å²) in [4.78, 5) is 12.1. The molecule has 0 spiro atoms. The standard InChI is InChI=1S/C20H24N2O3/c1-15(2)12-13-25-18-10-8-16(9-11-18)20(23)22-21-14-17-6-4-5-7-19(17)24-3/h4-11,14-15H,12-13H2,1-3H3,(H,22,23). The summed E-state index contributed by atoms with van der Waals surface area (Å²) in [6.07, 6.45) is 2.56. The van der Waals surface area contributed by atoms with Crippen LogP contribution < -0.4 is 14.9 Å². The first kappa shape index (κ1) is 18.5. The topological polar surface area (TPSA) is 59.9 Å². The molecule has 0 fully saturated rings. The molecule has 0 aliphatic heterocycles. The Morgan fingerprint density at radius 3 is 2.56 bits per heavy atom. The quantitative estimate of drug-likeness (QED) is 0.586. The Bertz CT molecular complexity index is 709. The Kier molecular flexibility index (Phi) is 7.01. The summed E-state index contributed by atoms with van der Waals surface area (Å²) in [6.45, 7) is 4.98. The second kappa shape index (κ2) is 9.47. The molecule has 2 rings (SSSR count). The van der Waals surface area contributed by atoms with Crippen molar-refractivity contribution in [2.75, 3.05) is 13.7 Å². The molecular weight excluding hydrogens is 316 g/mol. The third kappa shape index (κ3) is 5.95. The number of nitrogens with zero attached hydrogens (tertiary/aromatic N) is 1. The van der Waals surface area contributed by atoms with Crippen molar-refractivity contribution in [1.82, 2.24) is 5.43 Å². The molecule has 1 N–H and O–H groups in total. The van der Waals surface area contributed by atoms with Crippen molar-refractivity contribution in [3.63, 3.8) is 0 Å². The molecule has 0 heterocycles. The lowest BCUT2D eigenvalue weighted by atomic mass is 10.1. The van der Waals surface area contributed by atoms with E-state index in [0.717, 1.165) is 17.7 Å². The van der Waals surface area contributed by atoms with Crippen LogP contribution in [0.4, 0.5) is 0 Å². The van der Waals surface area contributed by atoms with Crippen molar-refractivity contribution >= 4 is 12.1 Å². The van der Waals surface area contributed by atoms with E-state index in [1.165, 1.54) is 0 Å². The van der Waals surface area contributed by atoms with Gasteiger partial charge in [-0.3, -0.25) is 4.79 Å². The average Bonchev–Trinajstić information content (AvgIpc) is 2.62. The Morgan fingerprint density at radius 1 is 1.16 bits per heavy atom. The van der Waals surface area contributed by atoms with E-state index in [1.807, 2.05) is 24.3 Å². The molecule has 0 aromatic heterocycles. The predicted molar refractivity (Wildman–Crippen MR) is 99.4 cm³/mol. The van der Waals surface area contributed by atoms with Crippen LogP contribution in [-0.4, -0.2) is 25.8 Å². The highest BCUT2D eigenvalue weighted by atomic mass is 16.5. The van der Waals surface area contributed by atoms with E-state index in [0.29, 0.717) is 23.8 Å². The molecule has 0 aliphatic rings. The highest BCUT2D eigenvalue weighted by molar-refractivity contribution is 5.95. The lowest BCUT2D eigenvalue weighted by molar-refractivity contribution is 0.0955. The Labute approximate surface area is 148 Å². The van der Waals surface area contributed by atoms with Gasteiger partial charge in [-0.05, 0) is 48.7 Å². The summed E-state index contributed by atoms with van der Waals surface area (Å²) in [5, 5.41) is 3.98. The zero-order valence-corrected chi connectivity index (χ0v) is 14.9. The van der Waals surface area contributed by atoms with Gasteiger partial charge in [-0.1, -0.05) is 26.0 Å². The monoisotopic (exact) mass is 340 g/mol. The maximum atomic E-state index is 12.1. The summed E-state index contributed by atoms with van der Waals surface area (Å²) in [5.41, 5.74) is 3.82. The summed E-state index contributed by atoms with van der Waals surface area (Å²) >= 11 is 0. The number of carbonyl (C=O) groups is 1. The number of hydrogen-bond donors (Lipinski definition) is 1. The van der Waals surface area contributed by atoms with Crippen molar-refractivity contribution in [3.05, 3.63) is 59.7 Å². The maximum Gasteiger partial charge on any atom is 0.271 e. The Balaban J connectivity index is 1.89. The smallest absolute Gasteiger partial charge is 0.271 e. The van der Waals surface area contributed by atoms with Gasteiger partial charge >= 0.3 is 0 Å². The molecule has 0 bridgehead atoms. The van der Waals surface area contributed by atoms with Crippen molar-refractivity contribution in [2.45, 2.75) is 20.3 Å². The van der Waals surface area contributed by atoms with Crippen LogP contribution in [0.15, 0.2) is 53.6 Å². The molecule has 0 atom stereocenters. The van der Waals surface area contributed by atoms with Crippen molar-refractivity contribution in [2.24, 2.45) is 11.0 Å². The minimum Gasteiger partial charge on any atom is -0.496 e. The zero-order valence-electron chi connectivity index (χ0n) is 14.9. The molecule has 132 valence electrons. The van der Waals surface area contributed by atoms with Gasteiger partial charge in [0.05, 0.1) is 19.9 Å². The molecule has 25 heavy (non-hydrogen) atoms. The van der Waals surface area contributed by atoms with E-state index < -0.39 is 0 Å². The summed E-state index contributed by atoms with van der Waals surface area (Å²) in [6, 6.07) is 14.5. The van der Waals surface area contributed by atoms with E-state index in [9.17, 15) is 4.79 Å². The van der Waals surface area contributed by atoms with E-state index in [4.69, 9.17) is 9.47 Å². The molecule has 0 saturated carbocycles. The van der Waals surface area contributed by atoms with E-state index in [-0.39, 0.29) is 5.91 Å². The second-order valence-corrected chi connectivity index (χ2v) is 6.00. The number of hydrazone groups is 1. The van der Waals surface area contributed by atoms with Gasteiger partial charge in [-0.2, -0.15) is 5.10 Å². The lowest BCUT2D eigenvalue weighted by Gasteiger charge is -2.08. The number of para-hydroxylation sites is 1. The van der Waals surface area contributed by atoms with Crippen LogP contribution in [0.3, 0.4) is 0 Å². The van der Waals surface area contributed by atoms with Crippen LogP contribution in [0.1, 0.15) is 36.2 Å². The van der Waals surface area contributed by atoms with E-state index >= 15 is 0 Å². The first-order valence-corrected chi connectivity index (χ1v) is 8.29. The van der Waals surface area contributed by atoms with Crippen LogP contribution in [0, 0.1) is 5.92 Å². The average molecular weight is 340 g/mol. The van der Waals surface area contributed by atoms with Gasteiger partial charge in [0, 0.05) is 11.1 Å². The minimum absolute atomic E-state index is 0.278. The van der Waals surface area contributed by atoms with Gasteiger partial charge in [0.2, 0.25) is 0 Å². The highest BCUT2D eigenvalue weighted by Gasteiger charge is 2.05. The number of rotatable bonds is 8. The van der Waals surface area contributed by atoms with Crippen LogP contribution in [0.25, 0.3) is 0 Å². The molecule has 2 aromatic carbocycles. The third-order valence-electron chi connectivity index (χ3n) is 3.59. The number of benzene rings is 2. The van der Waals surface area contributed by atoms with Crippen molar-refractivity contribution in [1.29, 1.82) is 0 Å². The highest BCUT2D eigenvalue weighted by Crippen LogP contribution is 2.15. The summed E-state index contributed by atoms with van der Waals surface area (Å²) in [5.74, 6) is 1.78. The van der Waals surface area contributed by atoms with Crippen molar-refractivity contribution in [3.8, 4) is 11.5 Å². The second-order valence-electron chi connectivity index (χ2n) is 6.00. The summed E-state index contributed by atoms with van der Waals surface area (Å²) in [7, 11) is 1.59. The van der Waals surface area contributed by atoms with Gasteiger partial charge in [0.25, 0.3) is 5.91 Å². The molecule has 2 aromatic rings. The Hall–Kier alpha value is -2.82. The first-order valence-electron chi connectivity index (χ1n) is 8.29. The molecule has 0 saturated heterocycles. The fraction of sp³-hybridized carbons (Fsp3) is 0.300. The maximum absolute atomic E-state index is 12.1. The Morgan fingerprint density at radius 2 is 1.88 bits per heavy atom. The number of carbonyl (C=O) groups excluding carboxylic acids is 1. The molecule has 0 unspecified atom stereocenters. The van der Waals surface area contributed by atoms with Gasteiger partial charge < -0.3 is 9.47 Å². The van der Waals surface area contributed by atoms with Crippen LogP contribution >= 0.6 is 0 Å². The van der Waals surface area contributed by atoms with Gasteiger partial charge in [-0.25, -0.2) is 5.43 Å². The van der Waals surface area contributed by atoms with E-state index in [1.54, 1.807) is 37.6 Å². The molecule has 0 radical (unpaired) electrons. The molecule has 0 aliphatic carbocycles. The molecular formula is C20H24N2O3. The number of hydrogen-bond acceptors (Lipinski definition) is 4.